The van der Waals surface area contributed by atoms with Gasteiger partial charge in [-0.05, 0) is 19.3 Å². The normalized spacial score (nSPS) is 12.7. The average molecular weight is 205 g/mol. The smallest absolute Gasteiger partial charge is 0.303 e. The van der Waals surface area contributed by atoms with Crippen molar-refractivity contribution in [1.29, 1.82) is 0 Å². The van der Waals surface area contributed by atoms with Crippen molar-refractivity contribution in [3.05, 3.63) is 0 Å². The number of aliphatic hydroxyl groups is 1. The predicted octanol–water partition coefficient (Wildman–Crippen LogP) is 0.533. The van der Waals surface area contributed by atoms with Crippen molar-refractivity contribution in [3.8, 4) is 0 Å². The van der Waals surface area contributed by atoms with E-state index in [9.17, 15) is 9.90 Å². The zero-order valence-corrected chi connectivity index (χ0v) is 8.53. The van der Waals surface area contributed by atoms with Crippen LogP contribution in [0.3, 0.4) is 0 Å². The Hall–Kier alpha value is -0.650. The third-order valence-corrected chi connectivity index (χ3v) is 1.83. The Balaban J connectivity index is 3.14. The van der Waals surface area contributed by atoms with Crippen LogP contribution in [0.25, 0.3) is 0 Å². The van der Waals surface area contributed by atoms with Gasteiger partial charge in [0.15, 0.2) is 0 Å². The molecule has 0 saturated heterocycles. The molecule has 5 nitrogen and oxygen atoms in total. The molecule has 0 heterocycles. The monoisotopic (exact) mass is 205 g/mol. The van der Waals surface area contributed by atoms with E-state index in [1.165, 1.54) is 0 Å². The Kier molecular flexibility index (Phi) is 8.51. The summed E-state index contributed by atoms with van der Waals surface area (Å²) in [7, 11) is 1.55. The van der Waals surface area contributed by atoms with Crippen LogP contribution in [0.4, 0.5) is 0 Å². The first-order valence-electron chi connectivity index (χ1n) is 4.79. The van der Waals surface area contributed by atoms with E-state index in [0.717, 1.165) is 12.8 Å². The van der Waals surface area contributed by atoms with Gasteiger partial charge >= 0.3 is 5.97 Å². The lowest BCUT2D eigenvalue weighted by molar-refractivity contribution is -0.137. The summed E-state index contributed by atoms with van der Waals surface area (Å²) in [5.74, 6) is -0.761. The first-order chi connectivity index (χ1) is 6.66. The summed E-state index contributed by atoms with van der Waals surface area (Å²) < 4.78 is 4.72. The number of hydrogen-bond acceptors (Lipinski definition) is 4. The van der Waals surface area contributed by atoms with Crippen LogP contribution in [-0.4, -0.2) is 36.3 Å². The highest BCUT2D eigenvalue weighted by atomic mass is 16.5. The molecule has 0 fully saturated rings. The largest absolute Gasteiger partial charge is 0.481 e. The average Bonchev–Trinajstić information content (AvgIpc) is 2.13. The van der Waals surface area contributed by atoms with Gasteiger partial charge in [-0.2, -0.15) is 0 Å². The van der Waals surface area contributed by atoms with E-state index in [1.54, 1.807) is 7.11 Å². The minimum Gasteiger partial charge on any atom is -0.481 e. The molecular formula is C9H19NO4. The Morgan fingerprint density at radius 3 is 2.71 bits per heavy atom. The van der Waals surface area contributed by atoms with Gasteiger partial charge in [0, 0.05) is 13.5 Å². The van der Waals surface area contributed by atoms with Crippen LogP contribution in [-0.2, 0) is 9.53 Å². The number of rotatable bonds is 9. The molecule has 0 aliphatic heterocycles. The van der Waals surface area contributed by atoms with E-state index in [2.05, 4.69) is 5.32 Å². The molecular weight excluding hydrogens is 186 g/mol. The lowest BCUT2D eigenvalue weighted by atomic mass is 10.1. The number of ether oxygens (including phenoxy) is 1. The second-order valence-electron chi connectivity index (χ2n) is 3.15. The van der Waals surface area contributed by atoms with Crippen molar-refractivity contribution in [1.82, 2.24) is 5.32 Å². The summed E-state index contributed by atoms with van der Waals surface area (Å²) in [6.45, 7) is 0.330. The minimum atomic E-state index is -0.761. The molecule has 1 unspecified atom stereocenters. The number of hydrogen-bond donors (Lipinski definition) is 3. The molecule has 0 rings (SSSR count). The van der Waals surface area contributed by atoms with Crippen molar-refractivity contribution in [3.63, 3.8) is 0 Å². The highest BCUT2D eigenvalue weighted by Crippen LogP contribution is 2.04. The van der Waals surface area contributed by atoms with Crippen molar-refractivity contribution >= 4 is 5.97 Å². The van der Waals surface area contributed by atoms with Crippen molar-refractivity contribution < 1.29 is 19.7 Å². The van der Waals surface area contributed by atoms with Gasteiger partial charge in [-0.15, -0.1) is 0 Å². The van der Waals surface area contributed by atoms with E-state index in [0.29, 0.717) is 19.6 Å². The molecule has 14 heavy (non-hydrogen) atoms. The van der Waals surface area contributed by atoms with E-state index >= 15 is 0 Å². The summed E-state index contributed by atoms with van der Waals surface area (Å²) in [6, 6.07) is 0. The molecule has 5 heteroatoms. The number of methoxy groups -OCH3 is 1. The highest BCUT2D eigenvalue weighted by molar-refractivity contribution is 5.66. The lowest BCUT2D eigenvalue weighted by Crippen LogP contribution is -2.30. The molecule has 0 amide bonds. The fourth-order valence-electron chi connectivity index (χ4n) is 1.07. The topological polar surface area (TPSA) is 78.8 Å². The third kappa shape index (κ3) is 9.44. The van der Waals surface area contributed by atoms with Crippen LogP contribution >= 0.6 is 0 Å². The van der Waals surface area contributed by atoms with Crippen LogP contribution in [0.5, 0.6) is 0 Å². The maximum absolute atomic E-state index is 10.2. The molecule has 0 bridgehead atoms. The highest BCUT2D eigenvalue weighted by Gasteiger charge is 2.02. The summed E-state index contributed by atoms with van der Waals surface area (Å²) in [4.78, 5) is 10.2. The molecule has 0 aliphatic rings. The molecule has 84 valence electrons. The molecule has 1 atom stereocenters. The summed E-state index contributed by atoms with van der Waals surface area (Å²) in [5.41, 5.74) is 0. The molecule has 3 N–H and O–H groups in total. The second-order valence-corrected chi connectivity index (χ2v) is 3.15. The van der Waals surface area contributed by atoms with Gasteiger partial charge in [0.05, 0.1) is 6.73 Å². The number of carboxylic acids is 1. The molecule has 0 spiro atoms. The van der Waals surface area contributed by atoms with E-state index in [1.807, 2.05) is 0 Å². The fraction of sp³-hybridized carbons (Fsp3) is 0.889. The Labute approximate surface area is 84.1 Å². The lowest BCUT2D eigenvalue weighted by Gasteiger charge is -2.11. The third-order valence-electron chi connectivity index (χ3n) is 1.83. The standard InChI is InChI=1S/C9H19NO4/c1-14-7-10-8(11)5-3-2-4-6-9(12)13/h8,10-11H,2-7H2,1H3,(H,12,13). The van der Waals surface area contributed by atoms with Crippen molar-refractivity contribution in [2.45, 2.75) is 38.3 Å². The van der Waals surface area contributed by atoms with Gasteiger partial charge in [0.1, 0.15) is 6.23 Å². The van der Waals surface area contributed by atoms with E-state index < -0.39 is 12.2 Å². The predicted molar refractivity (Wildman–Crippen MR) is 51.7 cm³/mol. The molecule has 0 radical (unpaired) electrons. The molecule has 0 aliphatic carbocycles. The van der Waals surface area contributed by atoms with Gasteiger partial charge in [-0.25, -0.2) is 0 Å². The molecule has 0 aromatic heterocycles. The van der Waals surface area contributed by atoms with Gasteiger partial charge < -0.3 is 14.9 Å². The maximum Gasteiger partial charge on any atom is 0.303 e. The summed E-state index contributed by atoms with van der Waals surface area (Å²) in [5, 5.41) is 20.4. The van der Waals surface area contributed by atoms with Crippen LogP contribution in [0.15, 0.2) is 0 Å². The number of carboxylic acid groups (broad SMARTS) is 1. The molecule has 0 saturated carbocycles. The second kappa shape index (κ2) is 8.93. The zero-order chi connectivity index (χ0) is 10.8. The fourth-order valence-corrected chi connectivity index (χ4v) is 1.07. The van der Waals surface area contributed by atoms with Crippen LogP contribution < -0.4 is 5.32 Å². The zero-order valence-electron chi connectivity index (χ0n) is 8.53. The van der Waals surface area contributed by atoms with Crippen LogP contribution in [0.1, 0.15) is 32.1 Å². The first kappa shape index (κ1) is 13.4. The quantitative estimate of drug-likeness (QED) is 0.378. The van der Waals surface area contributed by atoms with Gasteiger partial charge in [-0.1, -0.05) is 6.42 Å². The van der Waals surface area contributed by atoms with Gasteiger partial charge in [0.2, 0.25) is 0 Å². The van der Waals surface area contributed by atoms with E-state index in [4.69, 9.17) is 9.84 Å². The number of aliphatic hydroxyl groups excluding tert-OH is 1. The SMILES string of the molecule is COCNC(O)CCCCCC(=O)O. The van der Waals surface area contributed by atoms with Crippen LogP contribution in [0, 0.1) is 0 Å². The number of carbonyl (C=O) groups is 1. The Morgan fingerprint density at radius 2 is 2.14 bits per heavy atom. The van der Waals surface area contributed by atoms with Gasteiger partial charge in [0.25, 0.3) is 0 Å². The minimum absolute atomic E-state index is 0.210. The number of unbranched alkanes of at least 4 members (excludes halogenated alkanes) is 2. The number of nitrogens with one attached hydrogen (secondary N) is 1. The number of aliphatic carboxylic acids is 1. The molecule has 0 aromatic rings. The van der Waals surface area contributed by atoms with Crippen molar-refractivity contribution in [2.24, 2.45) is 0 Å². The summed E-state index contributed by atoms with van der Waals surface area (Å²) in [6.07, 6.45) is 2.61. The Bertz CT molecular complexity index is 152. The molecule has 0 aromatic carbocycles. The summed E-state index contributed by atoms with van der Waals surface area (Å²) >= 11 is 0. The first-order valence-corrected chi connectivity index (χ1v) is 4.79. The maximum atomic E-state index is 10.2. The van der Waals surface area contributed by atoms with Crippen molar-refractivity contribution in [2.75, 3.05) is 13.8 Å². The van der Waals surface area contributed by atoms with Gasteiger partial charge in [-0.3, -0.25) is 10.1 Å². The van der Waals surface area contributed by atoms with Crippen LogP contribution in [0.2, 0.25) is 0 Å². The van der Waals surface area contributed by atoms with E-state index in [-0.39, 0.29) is 6.42 Å². The Morgan fingerprint density at radius 1 is 1.43 bits per heavy atom.